The van der Waals surface area contributed by atoms with Gasteiger partial charge in [0.25, 0.3) is 0 Å². The van der Waals surface area contributed by atoms with E-state index in [4.69, 9.17) is 4.74 Å². The van der Waals surface area contributed by atoms with Gasteiger partial charge in [0.2, 0.25) is 5.91 Å². The van der Waals surface area contributed by atoms with Gasteiger partial charge in [0, 0.05) is 30.1 Å². The molecule has 1 aromatic carbocycles. The summed E-state index contributed by atoms with van der Waals surface area (Å²) < 4.78 is 6.45. The summed E-state index contributed by atoms with van der Waals surface area (Å²) in [6.45, 7) is 6.81. The van der Waals surface area contributed by atoms with Crippen LogP contribution in [0.1, 0.15) is 44.6 Å². The van der Waals surface area contributed by atoms with Gasteiger partial charge >= 0.3 is 0 Å². The molecule has 1 aromatic rings. The average molecular weight is 409 g/mol. The highest BCUT2D eigenvalue weighted by Crippen LogP contribution is 2.41. The molecule has 1 amide bonds. The van der Waals surface area contributed by atoms with Crippen LogP contribution in [0.4, 0.5) is 0 Å². The highest BCUT2D eigenvalue weighted by atomic mass is 79.9. The summed E-state index contributed by atoms with van der Waals surface area (Å²) >= 11 is 3.49. The minimum absolute atomic E-state index is 0.197. The van der Waals surface area contributed by atoms with Crippen molar-refractivity contribution >= 4 is 21.8 Å². The quantitative estimate of drug-likeness (QED) is 0.782. The monoisotopic (exact) mass is 408 g/mol. The van der Waals surface area contributed by atoms with Crippen LogP contribution in [-0.2, 0) is 14.9 Å². The fourth-order valence-corrected chi connectivity index (χ4v) is 4.29. The maximum absolute atomic E-state index is 13.2. The van der Waals surface area contributed by atoms with Crippen LogP contribution in [0.5, 0.6) is 0 Å². The number of nitrogens with zero attached hydrogens (tertiary/aromatic N) is 1. The number of benzene rings is 1. The van der Waals surface area contributed by atoms with Gasteiger partial charge in [-0.1, -0.05) is 40.9 Å². The fraction of sp³-hybridized carbons (Fsp3) is 0.650. The van der Waals surface area contributed by atoms with Crippen LogP contribution in [-0.4, -0.2) is 49.7 Å². The molecule has 1 aliphatic carbocycles. The van der Waals surface area contributed by atoms with Gasteiger partial charge in [-0.3, -0.25) is 9.69 Å². The molecule has 0 spiro atoms. The maximum Gasteiger partial charge on any atom is 0.230 e. The molecule has 1 N–H and O–H groups in total. The first-order valence-electron chi connectivity index (χ1n) is 9.47. The lowest BCUT2D eigenvalue weighted by Crippen LogP contribution is -2.47. The Balaban J connectivity index is 1.59. The molecule has 1 saturated heterocycles. The Labute approximate surface area is 159 Å². The smallest absolute Gasteiger partial charge is 0.230 e. The molecule has 0 aromatic heterocycles. The van der Waals surface area contributed by atoms with Crippen molar-refractivity contribution in [2.75, 3.05) is 32.8 Å². The van der Waals surface area contributed by atoms with Gasteiger partial charge < -0.3 is 10.1 Å². The molecule has 0 bridgehead atoms. The molecule has 0 radical (unpaired) electrons. The third-order valence-electron chi connectivity index (χ3n) is 5.65. The van der Waals surface area contributed by atoms with Crippen LogP contribution < -0.4 is 5.32 Å². The summed E-state index contributed by atoms with van der Waals surface area (Å²) in [5, 5.41) is 3.31. The topological polar surface area (TPSA) is 41.6 Å². The number of hydrogen-bond donors (Lipinski definition) is 1. The summed E-state index contributed by atoms with van der Waals surface area (Å²) in [5.41, 5.74) is 0.819. The number of amides is 1. The van der Waals surface area contributed by atoms with Gasteiger partial charge in [-0.25, -0.2) is 0 Å². The Kier molecular flexibility index (Phi) is 6.53. The molecule has 25 heavy (non-hydrogen) atoms. The minimum atomic E-state index is -0.339. The van der Waals surface area contributed by atoms with Crippen molar-refractivity contribution in [2.45, 2.75) is 50.5 Å². The van der Waals surface area contributed by atoms with E-state index in [0.717, 1.165) is 75.0 Å². The van der Waals surface area contributed by atoms with E-state index in [-0.39, 0.29) is 17.4 Å². The van der Waals surface area contributed by atoms with Gasteiger partial charge in [-0.05, 0) is 43.9 Å². The third kappa shape index (κ3) is 4.63. The highest BCUT2D eigenvalue weighted by Gasteiger charge is 2.42. The summed E-state index contributed by atoms with van der Waals surface area (Å²) in [4.78, 5) is 15.6. The van der Waals surface area contributed by atoms with Crippen molar-refractivity contribution < 1.29 is 9.53 Å². The predicted molar refractivity (Wildman–Crippen MR) is 104 cm³/mol. The lowest BCUT2D eigenvalue weighted by Gasteiger charge is -2.31. The van der Waals surface area contributed by atoms with Gasteiger partial charge in [-0.2, -0.15) is 0 Å². The molecule has 1 atom stereocenters. The summed E-state index contributed by atoms with van der Waals surface area (Å²) in [6.07, 6.45) is 5.16. The number of nitrogens with one attached hydrogen (secondary N) is 1. The van der Waals surface area contributed by atoms with E-state index in [1.54, 1.807) is 0 Å². The lowest BCUT2D eigenvalue weighted by molar-refractivity contribution is -0.127. The second-order valence-corrected chi connectivity index (χ2v) is 8.33. The molecular formula is C20H29BrN2O2. The van der Waals surface area contributed by atoms with Crippen molar-refractivity contribution in [1.29, 1.82) is 0 Å². The Morgan fingerprint density at radius 2 is 1.88 bits per heavy atom. The number of carbonyl (C=O) groups excluding carboxylic acids is 1. The van der Waals surface area contributed by atoms with Crippen LogP contribution in [0, 0.1) is 0 Å². The Morgan fingerprint density at radius 3 is 2.52 bits per heavy atom. The summed E-state index contributed by atoms with van der Waals surface area (Å²) in [6, 6.07) is 8.50. The van der Waals surface area contributed by atoms with E-state index in [1.807, 2.05) is 12.1 Å². The zero-order valence-electron chi connectivity index (χ0n) is 15.1. The Morgan fingerprint density at radius 1 is 1.24 bits per heavy atom. The van der Waals surface area contributed by atoms with Crippen molar-refractivity contribution in [3.05, 3.63) is 34.3 Å². The van der Waals surface area contributed by atoms with Crippen LogP contribution in [0.2, 0.25) is 0 Å². The molecule has 1 unspecified atom stereocenters. The van der Waals surface area contributed by atoms with Crippen LogP contribution in [0.15, 0.2) is 28.7 Å². The van der Waals surface area contributed by atoms with E-state index in [0.29, 0.717) is 0 Å². The van der Waals surface area contributed by atoms with Gasteiger partial charge in [0.15, 0.2) is 0 Å². The predicted octanol–water partition coefficient (Wildman–Crippen LogP) is 3.49. The largest absolute Gasteiger partial charge is 0.379 e. The Hall–Kier alpha value is -0.910. The molecule has 1 heterocycles. The molecular weight excluding hydrogens is 380 g/mol. The van der Waals surface area contributed by atoms with E-state index in [2.05, 4.69) is 45.2 Å². The van der Waals surface area contributed by atoms with E-state index < -0.39 is 0 Å². The second kappa shape index (κ2) is 8.65. The highest BCUT2D eigenvalue weighted by molar-refractivity contribution is 9.10. The Bertz CT molecular complexity index is 564. The first-order valence-corrected chi connectivity index (χ1v) is 10.3. The van der Waals surface area contributed by atoms with Crippen LogP contribution >= 0.6 is 15.9 Å². The molecule has 4 nitrogen and oxygen atoms in total. The molecule has 2 fully saturated rings. The molecule has 1 aliphatic heterocycles. The number of hydrogen-bond acceptors (Lipinski definition) is 3. The van der Waals surface area contributed by atoms with Gasteiger partial charge in [-0.15, -0.1) is 0 Å². The van der Waals surface area contributed by atoms with E-state index in [1.165, 1.54) is 0 Å². The number of ether oxygens (including phenoxy) is 1. The van der Waals surface area contributed by atoms with E-state index in [9.17, 15) is 4.79 Å². The normalized spacial score (nSPS) is 21.8. The van der Waals surface area contributed by atoms with Crippen molar-refractivity contribution in [3.8, 4) is 0 Å². The number of carbonyl (C=O) groups is 1. The molecule has 3 rings (SSSR count). The second-order valence-electron chi connectivity index (χ2n) is 7.41. The SMILES string of the molecule is CC(CCN1CCOCC1)NC(=O)C1(c2ccc(Br)cc2)CCCC1. The van der Waals surface area contributed by atoms with Crippen molar-refractivity contribution in [3.63, 3.8) is 0 Å². The zero-order chi connectivity index (χ0) is 17.7. The fourth-order valence-electron chi connectivity index (χ4n) is 4.03. The van der Waals surface area contributed by atoms with E-state index >= 15 is 0 Å². The number of halogens is 1. The van der Waals surface area contributed by atoms with Gasteiger partial charge in [0.1, 0.15) is 0 Å². The lowest BCUT2D eigenvalue weighted by atomic mass is 9.78. The minimum Gasteiger partial charge on any atom is -0.379 e. The molecule has 2 aliphatic rings. The van der Waals surface area contributed by atoms with Crippen LogP contribution in [0.25, 0.3) is 0 Å². The summed E-state index contributed by atoms with van der Waals surface area (Å²) in [5.74, 6) is 0.210. The zero-order valence-corrected chi connectivity index (χ0v) is 16.7. The molecule has 5 heteroatoms. The standard InChI is InChI=1S/C20H29BrN2O2/c1-16(8-11-23-12-14-25-15-13-23)22-19(24)20(9-2-3-10-20)17-4-6-18(21)7-5-17/h4-7,16H,2-3,8-15H2,1H3,(H,22,24). The van der Waals surface area contributed by atoms with Crippen molar-refractivity contribution in [2.24, 2.45) is 0 Å². The molecule has 1 saturated carbocycles. The third-order valence-corrected chi connectivity index (χ3v) is 6.18. The summed E-state index contributed by atoms with van der Waals surface area (Å²) in [7, 11) is 0. The first kappa shape index (κ1) is 18.9. The van der Waals surface area contributed by atoms with Gasteiger partial charge in [0.05, 0.1) is 18.6 Å². The first-order chi connectivity index (χ1) is 12.1. The van der Waals surface area contributed by atoms with Crippen molar-refractivity contribution in [1.82, 2.24) is 10.2 Å². The average Bonchev–Trinajstić information content (AvgIpc) is 3.12. The molecule has 138 valence electrons. The van der Waals surface area contributed by atoms with Crippen LogP contribution in [0.3, 0.4) is 0 Å². The maximum atomic E-state index is 13.2. The number of morpholine rings is 1. The number of rotatable bonds is 6.